The molecule has 0 aromatic heterocycles. The van der Waals surface area contributed by atoms with Crippen LogP contribution >= 0.6 is 11.8 Å². The smallest absolute Gasteiger partial charge is 0.242 e. The van der Waals surface area contributed by atoms with Crippen molar-refractivity contribution < 1.29 is 14.3 Å². The van der Waals surface area contributed by atoms with Crippen molar-refractivity contribution in [3.05, 3.63) is 59.7 Å². The molecule has 0 radical (unpaired) electrons. The summed E-state index contributed by atoms with van der Waals surface area (Å²) in [5.41, 5.74) is 2.10. The summed E-state index contributed by atoms with van der Waals surface area (Å²) in [4.78, 5) is 28.6. The molecule has 0 fully saturated rings. The predicted octanol–water partition coefficient (Wildman–Crippen LogP) is 4.43. The zero-order valence-electron chi connectivity index (χ0n) is 18.5. The average Bonchev–Trinajstić information content (AvgIpc) is 2.76. The highest BCUT2D eigenvalue weighted by Gasteiger charge is 2.26. The number of amides is 2. The Morgan fingerprint density at radius 2 is 1.83 bits per heavy atom. The van der Waals surface area contributed by atoms with Gasteiger partial charge in [0.2, 0.25) is 11.8 Å². The second-order valence-electron chi connectivity index (χ2n) is 7.47. The fraction of sp³-hybridized carbons (Fsp3) is 0.417. The molecule has 0 unspecified atom stereocenters. The van der Waals surface area contributed by atoms with Gasteiger partial charge in [0.25, 0.3) is 0 Å². The fourth-order valence-corrected chi connectivity index (χ4v) is 3.66. The van der Waals surface area contributed by atoms with Gasteiger partial charge in [0.15, 0.2) is 0 Å². The van der Waals surface area contributed by atoms with Crippen LogP contribution in [-0.2, 0) is 16.1 Å². The topological polar surface area (TPSA) is 58.6 Å². The molecule has 30 heavy (non-hydrogen) atoms. The monoisotopic (exact) mass is 428 g/mol. The maximum atomic E-state index is 13.1. The highest BCUT2D eigenvalue weighted by molar-refractivity contribution is 8.00. The van der Waals surface area contributed by atoms with Gasteiger partial charge < -0.3 is 15.0 Å². The molecule has 0 spiro atoms. The Balaban J connectivity index is 2.16. The van der Waals surface area contributed by atoms with Crippen LogP contribution in [0.1, 0.15) is 38.3 Å². The van der Waals surface area contributed by atoms with Gasteiger partial charge >= 0.3 is 0 Å². The normalized spacial score (nSPS) is 12.7. The number of nitrogens with one attached hydrogen (secondary N) is 1. The third-order valence-corrected chi connectivity index (χ3v) is 6.04. The highest BCUT2D eigenvalue weighted by atomic mass is 32.2. The van der Waals surface area contributed by atoms with Gasteiger partial charge in [0, 0.05) is 17.5 Å². The average molecular weight is 429 g/mol. The number of hydrogen-bond donors (Lipinski definition) is 1. The summed E-state index contributed by atoms with van der Waals surface area (Å²) in [6.07, 6.45) is 0.839. The van der Waals surface area contributed by atoms with E-state index in [1.54, 1.807) is 18.9 Å². The molecule has 1 N–H and O–H groups in total. The Kier molecular flexibility index (Phi) is 9.24. The molecule has 0 bridgehead atoms. The van der Waals surface area contributed by atoms with E-state index in [2.05, 4.69) is 5.32 Å². The van der Waals surface area contributed by atoms with E-state index in [1.165, 1.54) is 17.3 Å². The van der Waals surface area contributed by atoms with Gasteiger partial charge in [-0.3, -0.25) is 9.59 Å². The summed E-state index contributed by atoms with van der Waals surface area (Å²) < 4.78 is 5.30. The lowest BCUT2D eigenvalue weighted by Crippen LogP contribution is -2.50. The van der Waals surface area contributed by atoms with Crippen molar-refractivity contribution in [2.75, 3.05) is 12.9 Å². The number of rotatable bonds is 10. The van der Waals surface area contributed by atoms with E-state index in [-0.39, 0.29) is 23.6 Å². The first-order valence-corrected chi connectivity index (χ1v) is 11.2. The Morgan fingerprint density at radius 1 is 1.13 bits per heavy atom. The van der Waals surface area contributed by atoms with E-state index in [0.29, 0.717) is 6.54 Å². The predicted molar refractivity (Wildman–Crippen MR) is 123 cm³/mol. The molecule has 0 saturated carbocycles. The Morgan fingerprint density at radius 3 is 2.47 bits per heavy atom. The van der Waals surface area contributed by atoms with E-state index < -0.39 is 6.04 Å². The minimum absolute atomic E-state index is 0.0654. The fourth-order valence-electron chi connectivity index (χ4n) is 2.88. The van der Waals surface area contributed by atoms with Gasteiger partial charge in [-0.25, -0.2) is 0 Å². The molecule has 0 aliphatic rings. The third kappa shape index (κ3) is 7.10. The van der Waals surface area contributed by atoms with Crippen LogP contribution in [0.4, 0.5) is 0 Å². The number of ether oxygens (including phenoxy) is 1. The lowest BCUT2D eigenvalue weighted by molar-refractivity contribution is -0.138. The number of benzene rings is 2. The largest absolute Gasteiger partial charge is 0.497 e. The number of carbonyl (C=O) groups is 2. The van der Waals surface area contributed by atoms with Crippen LogP contribution in [0.15, 0.2) is 53.4 Å². The van der Waals surface area contributed by atoms with Gasteiger partial charge in [-0.1, -0.05) is 36.8 Å². The van der Waals surface area contributed by atoms with E-state index >= 15 is 0 Å². The lowest BCUT2D eigenvalue weighted by Gasteiger charge is -2.29. The van der Waals surface area contributed by atoms with E-state index in [4.69, 9.17) is 4.74 Å². The number of hydrogen-bond acceptors (Lipinski definition) is 4. The summed E-state index contributed by atoms with van der Waals surface area (Å²) in [5, 5.41) is 2.99. The summed E-state index contributed by atoms with van der Waals surface area (Å²) >= 11 is 1.48. The van der Waals surface area contributed by atoms with Crippen LogP contribution < -0.4 is 10.1 Å². The minimum atomic E-state index is -0.573. The van der Waals surface area contributed by atoms with Crippen molar-refractivity contribution in [2.24, 2.45) is 0 Å². The van der Waals surface area contributed by atoms with Crippen molar-refractivity contribution >= 4 is 23.6 Å². The summed E-state index contributed by atoms with van der Waals surface area (Å²) in [5.74, 6) is 0.787. The molecular weight excluding hydrogens is 396 g/mol. The van der Waals surface area contributed by atoms with E-state index in [0.717, 1.165) is 22.6 Å². The van der Waals surface area contributed by atoms with Crippen molar-refractivity contribution in [3.8, 4) is 5.75 Å². The summed E-state index contributed by atoms with van der Waals surface area (Å²) in [7, 11) is 1.61. The molecular formula is C24H32N2O3S. The van der Waals surface area contributed by atoms with Crippen LogP contribution in [0.5, 0.6) is 5.75 Å². The zero-order chi connectivity index (χ0) is 22.1. The number of aryl methyl sites for hydroxylation is 1. The van der Waals surface area contributed by atoms with E-state index in [9.17, 15) is 9.59 Å². The van der Waals surface area contributed by atoms with Gasteiger partial charge in [-0.05, 0) is 57.0 Å². The lowest BCUT2D eigenvalue weighted by atomic mass is 10.1. The van der Waals surface area contributed by atoms with Crippen LogP contribution in [0.2, 0.25) is 0 Å². The van der Waals surface area contributed by atoms with Crippen molar-refractivity contribution in [3.63, 3.8) is 0 Å². The standard InChI is InChI=1S/C24H32N2O3S/c1-6-18(3)25-24(28)19(4)26(15-20-8-7-9-21(14-20)29-5)23(27)16-30-22-12-10-17(2)11-13-22/h7-14,18-19H,6,15-16H2,1-5H3,(H,25,28)/t18-,19+/m0/s1. The van der Waals surface area contributed by atoms with E-state index in [1.807, 2.05) is 69.3 Å². The van der Waals surface area contributed by atoms with Gasteiger partial charge in [-0.15, -0.1) is 11.8 Å². The Labute approximate surface area is 184 Å². The second kappa shape index (κ2) is 11.6. The van der Waals surface area contributed by atoms with Crippen LogP contribution in [0, 0.1) is 6.92 Å². The second-order valence-corrected chi connectivity index (χ2v) is 8.52. The first-order valence-electron chi connectivity index (χ1n) is 10.3. The SMILES string of the molecule is CC[C@H](C)NC(=O)[C@@H](C)N(Cc1cccc(OC)c1)C(=O)CSc1ccc(C)cc1. The van der Waals surface area contributed by atoms with Crippen LogP contribution in [0.25, 0.3) is 0 Å². The molecule has 0 saturated heterocycles. The van der Waals surface area contributed by atoms with Crippen molar-refractivity contribution in [1.29, 1.82) is 0 Å². The van der Waals surface area contributed by atoms with Gasteiger partial charge in [0.05, 0.1) is 12.9 Å². The molecule has 5 nitrogen and oxygen atoms in total. The number of nitrogens with zero attached hydrogens (tertiary/aromatic N) is 1. The first-order chi connectivity index (χ1) is 14.3. The number of carbonyl (C=O) groups excluding carboxylic acids is 2. The third-order valence-electron chi connectivity index (χ3n) is 5.04. The molecule has 2 aromatic rings. The molecule has 2 atom stereocenters. The number of thioether (sulfide) groups is 1. The molecule has 0 heterocycles. The molecule has 6 heteroatoms. The molecule has 0 aliphatic heterocycles. The maximum Gasteiger partial charge on any atom is 0.242 e. The Bertz CT molecular complexity index is 839. The molecule has 2 aromatic carbocycles. The van der Waals surface area contributed by atoms with Crippen molar-refractivity contribution in [2.45, 2.75) is 57.6 Å². The van der Waals surface area contributed by atoms with Crippen molar-refractivity contribution in [1.82, 2.24) is 10.2 Å². The molecule has 0 aliphatic carbocycles. The van der Waals surface area contributed by atoms with Gasteiger partial charge in [-0.2, -0.15) is 0 Å². The minimum Gasteiger partial charge on any atom is -0.497 e. The molecule has 162 valence electrons. The summed E-state index contributed by atoms with van der Waals surface area (Å²) in [6.45, 7) is 8.15. The number of methoxy groups -OCH3 is 1. The van der Waals surface area contributed by atoms with Gasteiger partial charge in [0.1, 0.15) is 11.8 Å². The Hall–Kier alpha value is -2.47. The molecule has 2 rings (SSSR count). The van der Waals surface area contributed by atoms with Crippen LogP contribution in [-0.4, -0.2) is 41.7 Å². The first kappa shape index (κ1) is 23.8. The van der Waals surface area contributed by atoms with Crippen LogP contribution in [0.3, 0.4) is 0 Å². The quantitative estimate of drug-likeness (QED) is 0.569. The molecule has 2 amide bonds. The maximum absolute atomic E-state index is 13.1. The zero-order valence-corrected chi connectivity index (χ0v) is 19.3. The highest BCUT2D eigenvalue weighted by Crippen LogP contribution is 2.21. The summed E-state index contributed by atoms with van der Waals surface area (Å²) in [6, 6.07) is 15.2.